The highest BCUT2D eigenvalue weighted by Gasteiger charge is 2.16. The van der Waals surface area contributed by atoms with Gasteiger partial charge < -0.3 is 0 Å². The van der Waals surface area contributed by atoms with Crippen molar-refractivity contribution in [2.75, 3.05) is 4.90 Å². The number of rotatable bonds is 8. The largest absolute Gasteiger partial charge is 0.295 e. The van der Waals surface area contributed by atoms with Crippen molar-refractivity contribution in [3.05, 3.63) is 206 Å². The molecule has 0 amide bonds. The predicted octanol–water partition coefficient (Wildman–Crippen LogP) is 12.9. The Labute approximate surface area is 288 Å². The van der Waals surface area contributed by atoms with Crippen LogP contribution in [0.15, 0.2) is 206 Å². The van der Waals surface area contributed by atoms with Crippen LogP contribution < -0.4 is 4.90 Å². The van der Waals surface area contributed by atoms with E-state index in [-0.39, 0.29) is 0 Å². The first-order valence-electron chi connectivity index (χ1n) is 16.6. The first-order valence-corrected chi connectivity index (χ1v) is 16.6. The molecule has 0 radical (unpaired) electrons. The van der Waals surface area contributed by atoms with Gasteiger partial charge in [-0.25, -0.2) is 4.98 Å². The van der Waals surface area contributed by atoms with E-state index in [1.807, 2.05) is 18.3 Å². The lowest BCUT2D eigenvalue weighted by Gasteiger charge is -2.25. The molecule has 2 heteroatoms. The van der Waals surface area contributed by atoms with Crippen LogP contribution in [-0.2, 0) is 0 Å². The number of hydrogen-bond donors (Lipinski definition) is 0. The van der Waals surface area contributed by atoms with Crippen molar-refractivity contribution in [2.24, 2.45) is 0 Å². The van der Waals surface area contributed by atoms with Crippen molar-refractivity contribution < 1.29 is 0 Å². The maximum Gasteiger partial charge on any atom is 0.137 e. The fourth-order valence-electron chi connectivity index (χ4n) is 6.42. The molecule has 1 heterocycles. The molecule has 232 valence electrons. The summed E-state index contributed by atoms with van der Waals surface area (Å²) in [5.41, 5.74) is 13.9. The van der Waals surface area contributed by atoms with Gasteiger partial charge in [-0.1, -0.05) is 164 Å². The Kier molecular flexibility index (Phi) is 8.34. The van der Waals surface area contributed by atoms with Gasteiger partial charge in [0.1, 0.15) is 5.82 Å². The summed E-state index contributed by atoms with van der Waals surface area (Å²) in [6.45, 7) is 0. The SMILES string of the molecule is c1ccc(-c2ccc(-c3ccccc3-c3ccc(N(c4ccc(-c5ccccc5)cc4)c4ccc(-c5ccccc5)cc4)nc3)cc2)cc1. The van der Waals surface area contributed by atoms with E-state index < -0.39 is 0 Å². The fourth-order valence-corrected chi connectivity index (χ4v) is 6.42. The van der Waals surface area contributed by atoms with Crippen LogP contribution in [0.2, 0.25) is 0 Å². The first-order chi connectivity index (χ1) is 24.3. The summed E-state index contributed by atoms with van der Waals surface area (Å²) in [7, 11) is 0. The van der Waals surface area contributed by atoms with E-state index >= 15 is 0 Å². The lowest BCUT2D eigenvalue weighted by Crippen LogP contribution is -2.11. The van der Waals surface area contributed by atoms with Gasteiger partial charge in [-0.05, 0) is 86.5 Å². The molecule has 0 fully saturated rings. The van der Waals surface area contributed by atoms with Gasteiger partial charge in [0.25, 0.3) is 0 Å². The van der Waals surface area contributed by atoms with Crippen LogP contribution >= 0.6 is 0 Å². The number of hydrogen-bond acceptors (Lipinski definition) is 2. The molecule has 7 aromatic carbocycles. The second kappa shape index (κ2) is 13.7. The predicted molar refractivity (Wildman–Crippen MR) is 206 cm³/mol. The number of benzene rings is 7. The highest BCUT2D eigenvalue weighted by Crippen LogP contribution is 2.38. The molecule has 2 nitrogen and oxygen atoms in total. The van der Waals surface area contributed by atoms with E-state index in [0.29, 0.717) is 0 Å². The molecule has 0 atom stereocenters. The first kappa shape index (κ1) is 29.9. The zero-order valence-electron chi connectivity index (χ0n) is 27.0. The minimum Gasteiger partial charge on any atom is -0.295 e. The maximum atomic E-state index is 5.08. The highest BCUT2D eigenvalue weighted by atomic mass is 15.2. The molecule has 0 aliphatic carbocycles. The third-order valence-corrected chi connectivity index (χ3v) is 8.98. The van der Waals surface area contributed by atoms with Gasteiger partial charge in [0, 0.05) is 23.1 Å². The third-order valence-electron chi connectivity index (χ3n) is 8.98. The van der Waals surface area contributed by atoms with Crippen molar-refractivity contribution in [1.82, 2.24) is 4.98 Å². The van der Waals surface area contributed by atoms with E-state index in [0.717, 1.165) is 28.3 Å². The number of pyridine rings is 1. The number of anilines is 3. The van der Waals surface area contributed by atoms with Gasteiger partial charge in [-0.15, -0.1) is 0 Å². The van der Waals surface area contributed by atoms with E-state index in [1.54, 1.807) is 0 Å². The minimum absolute atomic E-state index is 0.855. The van der Waals surface area contributed by atoms with Crippen molar-refractivity contribution in [2.45, 2.75) is 0 Å². The molecule has 1 aromatic heterocycles. The van der Waals surface area contributed by atoms with Crippen LogP contribution in [0.3, 0.4) is 0 Å². The van der Waals surface area contributed by atoms with Gasteiger partial charge in [0.05, 0.1) is 0 Å². The lowest BCUT2D eigenvalue weighted by molar-refractivity contribution is 1.18. The van der Waals surface area contributed by atoms with E-state index in [1.165, 1.54) is 44.5 Å². The van der Waals surface area contributed by atoms with Gasteiger partial charge in [-0.2, -0.15) is 0 Å². The fraction of sp³-hybridized carbons (Fsp3) is 0. The molecule has 8 aromatic rings. The van der Waals surface area contributed by atoms with Gasteiger partial charge in [-0.3, -0.25) is 4.90 Å². The van der Waals surface area contributed by atoms with Crippen LogP contribution in [0.5, 0.6) is 0 Å². The number of aromatic nitrogens is 1. The van der Waals surface area contributed by atoms with Crippen molar-refractivity contribution in [3.8, 4) is 55.6 Å². The summed E-state index contributed by atoms with van der Waals surface area (Å²) in [5, 5.41) is 0. The Hall–Kier alpha value is -6.51. The molecule has 0 saturated carbocycles. The molecule has 0 unspecified atom stereocenters. The smallest absolute Gasteiger partial charge is 0.137 e. The second-order valence-electron chi connectivity index (χ2n) is 12.1. The molecule has 0 aliphatic heterocycles. The average molecular weight is 627 g/mol. The van der Waals surface area contributed by atoms with Crippen LogP contribution in [0.4, 0.5) is 17.2 Å². The Balaban J connectivity index is 1.14. The molecular formula is C47H34N2. The molecule has 49 heavy (non-hydrogen) atoms. The van der Waals surface area contributed by atoms with Crippen LogP contribution in [-0.4, -0.2) is 4.98 Å². The molecule has 0 N–H and O–H groups in total. The molecule has 0 aliphatic rings. The van der Waals surface area contributed by atoms with Crippen molar-refractivity contribution >= 4 is 17.2 Å². The molecular weight excluding hydrogens is 593 g/mol. The second-order valence-corrected chi connectivity index (χ2v) is 12.1. The highest BCUT2D eigenvalue weighted by molar-refractivity contribution is 5.85. The monoisotopic (exact) mass is 626 g/mol. The molecule has 0 saturated heterocycles. The maximum absolute atomic E-state index is 5.08. The van der Waals surface area contributed by atoms with Gasteiger partial charge in [0.2, 0.25) is 0 Å². The van der Waals surface area contributed by atoms with Gasteiger partial charge in [0.15, 0.2) is 0 Å². The van der Waals surface area contributed by atoms with Gasteiger partial charge >= 0.3 is 0 Å². The quantitative estimate of drug-likeness (QED) is 0.167. The zero-order chi connectivity index (χ0) is 32.8. The minimum atomic E-state index is 0.855. The summed E-state index contributed by atoms with van der Waals surface area (Å²) in [4.78, 5) is 7.31. The van der Waals surface area contributed by atoms with Crippen LogP contribution in [0.25, 0.3) is 55.6 Å². The van der Waals surface area contributed by atoms with Crippen molar-refractivity contribution in [1.29, 1.82) is 0 Å². The Morgan fingerprint density at radius 1 is 0.265 bits per heavy atom. The number of nitrogens with zero attached hydrogens (tertiary/aromatic N) is 2. The standard InChI is InChI=1S/C47H34N2/c1-4-12-35(13-5-1)38-20-22-41(23-21-38)45-18-10-11-19-46(45)42-28-33-47(48-34-42)49(43-29-24-39(25-30-43)36-14-6-2-7-15-36)44-31-26-40(27-32-44)37-16-8-3-9-17-37/h1-34H. The molecule has 0 spiro atoms. The van der Waals surface area contributed by atoms with E-state index in [4.69, 9.17) is 4.98 Å². The Morgan fingerprint density at radius 2 is 0.592 bits per heavy atom. The zero-order valence-corrected chi connectivity index (χ0v) is 27.0. The van der Waals surface area contributed by atoms with E-state index in [9.17, 15) is 0 Å². The summed E-state index contributed by atoms with van der Waals surface area (Å²) < 4.78 is 0. The summed E-state index contributed by atoms with van der Waals surface area (Å²) in [5.74, 6) is 0.855. The topological polar surface area (TPSA) is 16.1 Å². The van der Waals surface area contributed by atoms with E-state index in [2.05, 4.69) is 193 Å². The Morgan fingerprint density at radius 3 is 1.00 bits per heavy atom. The Bertz CT molecular complexity index is 2180. The summed E-state index contributed by atoms with van der Waals surface area (Å²) in [6, 6.07) is 70.6. The normalized spacial score (nSPS) is 10.9. The average Bonchev–Trinajstić information content (AvgIpc) is 3.20. The summed E-state index contributed by atoms with van der Waals surface area (Å²) in [6.07, 6.45) is 2.00. The van der Waals surface area contributed by atoms with Crippen molar-refractivity contribution in [3.63, 3.8) is 0 Å². The summed E-state index contributed by atoms with van der Waals surface area (Å²) >= 11 is 0. The molecule has 0 bridgehead atoms. The third kappa shape index (κ3) is 6.41. The molecule has 8 rings (SSSR count). The van der Waals surface area contributed by atoms with Crippen LogP contribution in [0, 0.1) is 0 Å². The lowest BCUT2D eigenvalue weighted by atomic mass is 9.94. The van der Waals surface area contributed by atoms with Crippen LogP contribution in [0.1, 0.15) is 0 Å².